The molecule has 35 heavy (non-hydrogen) atoms. The fraction of sp³-hybridized carbons (Fsp3) is 0.269. The number of rotatable bonds is 4. The van der Waals surface area contributed by atoms with Gasteiger partial charge in [0.05, 0.1) is 17.3 Å². The first-order valence-electron chi connectivity index (χ1n) is 11.5. The number of halogens is 1. The van der Waals surface area contributed by atoms with Crippen LogP contribution in [0.15, 0.2) is 55.0 Å². The van der Waals surface area contributed by atoms with E-state index in [0.29, 0.717) is 24.3 Å². The second kappa shape index (κ2) is 9.71. The quantitative estimate of drug-likeness (QED) is 0.457. The number of nitrogens with one attached hydrogen (secondary N) is 1. The zero-order valence-electron chi connectivity index (χ0n) is 19.5. The minimum Gasteiger partial charge on any atom is -0.381 e. The first-order chi connectivity index (χ1) is 17.0. The van der Waals surface area contributed by atoms with E-state index in [1.54, 1.807) is 36.7 Å². The van der Waals surface area contributed by atoms with Crippen LogP contribution >= 0.6 is 0 Å². The van der Waals surface area contributed by atoms with Crippen molar-refractivity contribution < 1.29 is 13.9 Å². The van der Waals surface area contributed by atoms with E-state index in [9.17, 15) is 9.18 Å². The number of amides is 2. The Morgan fingerprint density at radius 2 is 1.80 bits per heavy atom. The highest BCUT2D eigenvalue weighted by Crippen LogP contribution is 2.33. The lowest BCUT2D eigenvalue weighted by atomic mass is 9.99. The normalized spacial score (nSPS) is 14.3. The largest absolute Gasteiger partial charge is 0.381 e. The van der Waals surface area contributed by atoms with Gasteiger partial charge in [-0.3, -0.25) is 5.32 Å². The lowest BCUT2D eigenvalue weighted by Gasteiger charge is -2.31. The molecule has 178 valence electrons. The zero-order chi connectivity index (χ0) is 24.4. The van der Waals surface area contributed by atoms with E-state index < -0.39 is 0 Å². The van der Waals surface area contributed by atoms with Crippen LogP contribution in [0.25, 0.3) is 33.3 Å². The Morgan fingerprint density at radius 3 is 2.54 bits per heavy atom. The van der Waals surface area contributed by atoms with Crippen LogP contribution in [0.3, 0.4) is 0 Å². The summed E-state index contributed by atoms with van der Waals surface area (Å²) in [7, 11) is 1.69. The molecule has 0 spiro atoms. The molecule has 2 aromatic heterocycles. The van der Waals surface area contributed by atoms with E-state index in [-0.39, 0.29) is 23.9 Å². The van der Waals surface area contributed by atoms with Crippen molar-refractivity contribution in [1.82, 2.24) is 24.8 Å². The van der Waals surface area contributed by atoms with Crippen LogP contribution in [0.5, 0.6) is 0 Å². The number of ether oxygens (including phenoxy) is 1. The number of piperidine rings is 1. The Bertz CT molecular complexity index is 1370. The average molecular weight is 473 g/mol. The number of aryl methyl sites for hydroxylation is 1. The highest BCUT2D eigenvalue weighted by atomic mass is 19.1. The molecule has 0 unspecified atom stereocenters. The van der Waals surface area contributed by atoms with E-state index in [2.05, 4.69) is 25.3 Å². The van der Waals surface area contributed by atoms with Crippen LogP contribution < -0.4 is 5.32 Å². The standard InChI is InChI=1S/C26H25FN6O2/c1-16-21-13-18(5-8-23(21)30-15-29-16)22-14-28-25(31-24(22)17-3-6-19(27)7-4-17)32-26(34)33-11-9-20(35-2)10-12-33/h3-8,13-15,20H,9-12H2,1-2H3,(H,28,31,32,34). The SMILES string of the molecule is COC1CCN(C(=O)Nc2ncc(-c3ccc4ncnc(C)c4c3)c(-c3ccc(F)cc3)n2)CC1. The van der Waals surface area contributed by atoms with E-state index in [0.717, 1.165) is 40.6 Å². The summed E-state index contributed by atoms with van der Waals surface area (Å²) < 4.78 is 19.0. The van der Waals surface area contributed by atoms with E-state index in [4.69, 9.17) is 4.74 Å². The van der Waals surface area contributed by atoms with Crippen molar-refractivity contribution in [2.45, 2.75) is 25.9 Å². The summed E-state index contributed by atoms with van der Waals surface area (Å²) in [6.45, 7) is 3.14. The summed E-state index contributed by atoms with van der Waals surface area (Å²) in [4.78, 5) is 32.3. The lowest BCUT2D eigenvalue weighted by Crippen LogP contribution is -2.43. The number of carbonyl (C=O) groups is 1. The van der Waals surface area contributed by atoms with Gasteiger partial charge in [-0.2, -0.15) is 0 Å². The smallest absolute Gasteiger partial charge is 0.324 e. The van der Waals surface area contributed by atoms with Crippen LogP contribution in [0.1, 0.15) is 18.5 Å². The Morgan fingerprint density at radius 1 is 1.06 bits per heavy atom. The van der Waals surface area contributed by atoms with Gasteiger partial charge >= 0.3 is 6.03 Å². The highest BCUT2D eigenvalue weighted by molar-refractivity contribution is 5.91. The molecule has 0 saturated carbocycles. The third kappa shape index (κ3) is 4.81. The first kappa shape index (κ1) is 22.8. The third-order valence-electron chi connectivity index (χ3n) is 6.33. The Hall–Kier alpha value is -3.98. The molecule has 0 radical (unpaired) electrons. The number of hydrogen-bond donors (Lipinski definition) is 1. The Balaban J connectivity index is 1.50. The average Bonchev–Trinajstić information content (AvgIpc) is 2.89. The monoisotopic (exact) mass is 472 g/mol. The summed E-state index contributed by atoms with van der Waals surface area (Å²) in [5.74, 6) is -0.150. The van der Waals surface area contributed by atoms with Crippen LogP contribution in [-0.2, 0) is 4.74 Å². The molecule has 1 aliphatic heterocycles. The van der Waals surface area contributed by atoms with Gasteiger partial charge in [0, 0.05) is 48.6 Å². The summed E-state index contributed by atoms with van der Waals surface area (Å²) >= 11 is 0. The lowest BCUT2D eigenvalue weighted by molar-refractivity contribution is 0.0521. The molecular weight excluding hydrogens is 447 g/mol. The van der Waals surface area contributed by atoms with E-state index in [1.165, 1.54) is 12.1 Å². The molecule has 0 aliphatic carbocycles. The molecule has 1 aliphatic rings. The van der Waals surface area contributed by atoms with Gasteiger partial charge in [-0.1, -0.05) is 6.07 Å². The number of methoxy groups -OCH3 is 1. The van der Waals surface area contributed by atoms with E-state index in [1.807, 2.05) is 25.1 Å². The minimum absolute atomic E-state index is 0.177. The first-order valence-corrected chi connectivity index (χ1v) is 11.5. The van der Waals surface area contributed by atoms with Gasteiger partial charge < -0.3 is 9.64 Å². The van der Waals surface area contributed by atoms with Gasteiger partial charge in [-0.15, -0.1) is 0 Å². The number of hydrogen-bond acceptors (Lipinski definition) is 6. The van der Waals surface area contributed by atoms with Crippen LogP contribution in [0.2, 0.25) is 0 Å². The predicted molar refractivity (Wildman–Crippen MR) is 131 cm³/mol. The van der Waals surface area contributed by atoms with Crippen molar-refractivity contribution in [3.05, 3.63) is 66.5 Å². The molecule has 0 bridgehead atoms. The maximum absolute atomic E-state index is 13.6. The number of anilines is 1. The second-order valence-electron chi connectivity index (χ2n) is 8.51. The summed E-state index contributed by atoms with van der Waals surface area (Å²) in [6.07, 6.45) is 4.97. The van der Waals surface area contributed by atoms with Crippen molar-refractivity contribution in [3.8, 4) is 22.4 Å². The van der Waals surface area contributed by atoms with Crippen LogP contribution in [0.4, 0.5) is 15.1 Å². The van der Waals surface area contributed by atoms with Gasteiger partial charge in [0.25, 0.3) is 0 Å². The molecular formula is C26H25FN6O2. The summed E-state index contributed by atoms with van der Waals surface area (Å²) in [6, 6.07) is 11.7. The van der Waals surface area contributed by atoms with Gasteiger partial charge in [0.1, 0.15) is 12.1 Å². The number of benzene rings is 2. The zero-order valence-corrected chi connectivity index (χ0v) is 19.5. The van der Waals surface area contributed by atoms with Gasteiger partial charge in [-0.25, -0.2) is 29.1 Å². The summed E-state index contributed by atoms with van der Waals surface area (Å²) in [5, 5.41) is 3.74. The number of aromatic nitrogens is 4. The van der Waals surface area contributed by atoms with E-state index >= 15 is 0 Å². The molecule has 9 heteroatoms. The Kier molecular flexibility index (Phi) is 6.33. The number of nitrogens with zero attached hydrogens (tertiary/aromatic N) is 5. The third-order valence-corrected chi connectivity index (χ3v) is 6.33. The molecule has 1 fully saturated rings. The topological polar surface area (TPSA) is 93.1 Å². The van der Waals surface area contributed by atoms with Crippen LogP contribution in [-0.4, -0.2) is 57.2 Å². The fourth-order valence-electron chi connectivity index (χ4n) is 4.30. The molecule has 4 aromatic rings. The minimum atomic E-state index is -0.337. The Labute approximate surface area is 202 Å². The molecule has 2 aromatic carbocycles. The molecule has 2 amide bonds. The van der Waals surface area contributed by atoms with Crippen molar-refractivity contribution in [3.63, 3.8) is 0 Å². The maximum atomic E-state index is 13.6. The molecule has 8 nitrogen and oxygen atoms in total. The van der Waals surface area contributed by atoms with Crippen molar-refractivity contribution in [2.24, 2.45) is 0 Å². The second-order valence-corrected chi connectivity index (χ2v) is 8.51. The molecule has 1 saturated heterocycles. The van der Waals surface area contributed by atoms with Crippen molar-refractivity contribution >= 4 is 22.9 Å². The molecule has 3 heterocycles. The van der Waals surface area contributed by atoms with Crippen LogP contribution in [0, 0.1) is 12.7 Å². The molecule has 5 rings (SSSR count). The number of carbonyl (C=O) groups excluding carboxylic acids is 1. The predicted octanol–water partition coefficient (Wildman–Crippen LogP) is 4.84. The maximum Gasteiger partial charge on any atom is 0.324 e. The van der Waals surface area contributed by atoms with Gasteiger partial charge in [0.15, 0.2) is 0 Å². The number of likely N-dealkylation sites (tertiary alicyclic amines) is 1. The highest BCUT2D eigenvalue weighted by Gasteiger charge is 2.23. The summed E-state index contributed by atoms with van der Waals surface area (Å²) in [5.41, 5.74) is 4.62. The molecule has 1 N–H and O–H groups in total. The van der Waals surface area contributed by atoms with Gasteiger partial charge in [0.2, 0.25) is 5.95 Å². The number of urea groups is 1. The van der Waals surface area contributed by atoms with Crippen molar-refractivity contribution in [2.75, 3.05) is 25.5 Å². The van der Waals surface area contributed by atoms with Gasteiger partial charge in [-0.05, 0) is 61.7 Å². The van der Waals surface area contributed by atoms with Crippen molar-refractivity contribution in [1.29, 1.82) is 0 Å². The fourth-order valence-corrected chi connectivity index (χ4v) is 4.30. The molecule has 0 atom stereocenters. The number of fused-ring (bicyclic) bond motifs is 1.